The first-order valence-corrected chi connectivity index (χ1v) is 6.35. The van der Waals surface area contributed by atoms with Crippen LogP contribution in [0.5, 0.6) is 0 Å². The van der Waals surface area contributed by atoms with Crippen molar-refractivity contribution in [1.82, 2.24) is 19.9 Å². The van der Waals surface area contributed by atoms with E-state index in [1.165, 1.54) is 0 Å². The summed E-state index contributed by atoms with van der Waals surface area (Å²) in [7, 11) is 0. The van der Waals surface area contributed by atoms with E-state index in [0.29, 0.717) is 18.0 Å². The zero-order chi connectivity index (χ0) is 13.7. The van der Waals surface area contributed by atoms with Crippen molar-refractivity contribution in [1.29, 1.82) is 0 Å². The van der Waals surface area contributed by atoms with Crippen LogP contribution in [0, 0.1) is 5.92 Å². The van der Waals surface area contributed by atoms with Crippen LogP contribution >= 0.6 is 0 Å². The Morgan fingerprint density at radius 2 is 2.26 bits per heavy atom. The van der Waals surface area contributed by atoms with Gasteiger partial charge in [-0.1, -0.05) is 13.8 Å². The Labute approximate surface area is 112 Å². The van der Waals surface area contributed by atoms with Crippen LogP contribution < -0.4 is 5.32 Å². The Bertz CT molecular complexity index is 533. The van der Waals surface area contributed by atoms with E-state index in [4.69, 9.17) is 0 Å². The molecule has 0 radical (unpaired) electrons. The van der Waals surface area contributed by atoms with Gasteiger partial charge in [0.1, 0.15) is 5.82 Å². The smallest absolute Gasteiger partial charge is 0.253 e. The molecule has 19 heavy (non-hydrogen) atoms. The van der Waals surface area contributed by atoms with Crippen LogP contribution in [0.25, 0.3) is 0 Å². The van der Waals surface area contributed by atoms with Gasteiger partial charge in [0.2, 0.25) is 0 Å². The van der Waals surface area contributed by atoms with Gasteiger partial charge in [0.25, 0.3) is 5.91 Å². The molecule has 0 spiro atoms. The number of hydrogen-bond acceptors (Lipinski definition) is 3. The second-order valence-corrected chi connectivity index (χ2v) is 4.81. The molecule has 2 heterocycles. The third kappa shape index (κ3) is 3.64. The van der Waals surface area contributed by atoms with Crippen LogP contribution in [0.2, 0.25) is 0 Å². The molecule has 0 saturated heterocycles. The molecule has 0 saturated carbocycles. The molecule has 0 aliphatic heterocycles. The standard InChI is InChI=1S/C14H18N4O/c1-11(2)10-18-7-6-16-13(18)9-17-14(19)12-4-3-5-15-8-12/h3-8,11H,9-10H2,1-2H3,(H,17,19). The number of amides is 1. The summed E-state index contributed by atoms with van der Waals surface area (Å²) in [5, 5.41) is 2.85. The predicted octanol–water partition coefficient (Wildman–Crippen LogP) is 1.86. The second-order valence-electron chi connectivity index (χ2n) is 4.81. The summed E-state index contributed by atoms with van der Waals surface area (Å²) in [6.45, 7) is 5.63. The van der Waals surface area contributed by atoms with E-state index in [1.807, 2.05) is 6.20 Å². The summed E-state index contributed by atoms with van der Waals surface area (Å²) in [6.07, 6.45) is 6.89. The van der Waals surface area contributed by atoms with Gasteiger partial charge < -0.3 is 9.88 Å². The fourth-order valence-corrected chi connectivity index (χ4v) is 1.83. The maximum atomic E-state index is 11.9. The normalized spacial score (nSPS) is 10.7. The summed E-state index contributed by atoms with van der Waals surface area (Å²) in [4.78, 5) is 20.1. The highest BCUT2D eigenvalue weighted by atomic mass is 16.1. The molecule has 2 aromatic heterocycles. The molecule has 5 nitrogen and oxygen atoms in total. The largest absolute Gasteiger partial charge is 0.345 e. The summed E-state index contributed by atoms with van der Waals surface area (Å²) < 4.78 is 2.06. The molecule has 0 aliphatic rings. The molecule has 0 aliphatic carbocycles. The lowest BCUT2D eigenvalue weighted by atomic mass is 10.2. The van der Waals surface area contributed by atoms with Crippen molar-refractivity contribution >= 4 is 5.91 Å². The van der Waals surface area contributed by atoms with Crippen molar-refractivity contribution in [3.05, 3.63) is 48.3 Å². The first kappa shape index (κ1) is 13.3. The first-order valence-electron chi connectivity index (χ1n) is 6.35. The summed E-state index contributed by atoms with van der Waals surface area (Å²) in [5.74, 6) is 1.28. The Morgan fingerprint density at radius 3 is 2.95 bits per heavy atom. The molecule has 2 rings (SSSR count). The van der Waals surface area contributed by atoms with Gasteiger partial charge in [-0.25, -0.2) is 4.98 Å². The van der Waals surface area contributed by atoms with Crippen LogP contribution in [-0.4, -0.2) is 20.4 Å². The van der Waals surface area contributed by atoms with Gasteiger partial charge in [0.05, 0.1) is 12.1 Å². The summed E-state index contributed by atoms with van der Waals surface area (Å²) in [5.41, 5.74) is 0.560. The van der Waals surface area contributed by atoms with E-state index in [-0.39, 0.29) is 5.91 Å². The van der Waals surface area contributed by atoms with E-state index in [1.54, 1.807) is 30.7 Å². The number of nitrogens with zero attached hydrogens (tertiary/aromatic N) is 3. The number of hydrogen-bond donors (Lipinski definition) is 1. The van der Waals surface area contributed by atoms with Crippen molar-refractivity contribution in [2.75, 3.05) is 0 Å². The number of pyridine rings is 1. The van der Waals surface area contributed by atoms with Crippen molar-refractivity contribution in [3.8, 4) is 0 Å². The Morgan fingerprint density at radius 1 is 1.42 bits per heavy atom. The minimum Gasteiger partial charge on any atom is -0.345 e. The molecule has 0 bridgehead atoms. The van der Waals surface area contributed by atoms with Crippen LogP contribution in [0.3, 0.4) is 0 Å². The van der Waals surface area contributed by atoms with Crippen LogP contribution in [-0.2, 0) is 13.1 Å². The lowest BCUT2D eigenvalue weighted by Gasteiger charge is -2.11. The average Bonchev–Trinajstić information content (AvgIpc) is 2.83. The molecule has 2 aromatic rings. The topological polar surface area (TPSA) is 59.8 Å². The lowest BCUT2D eigenvalue weighted by molar-refractivity contribution is 0.0949. The van der Waals surface area contributed by atoms with Crippen molar-refractivity contribution in [2.24, 2.45) is 5.92 Å². The molecule has 5 heteroatoms. The van der Waals surface area contributed by atoms with Gasteiger partial charge in [0, 0.05) is 31.3 Å². The van der Waals surface area contributed by atoms with Gasteiger partial charge in [-0.15, -0.1) is 0 Å². The molecule has 1 amide bonds. The average molecular weight is 258 g/mol. The van der Waals surface area contributed by atoms with E-state index in [9.17, 15) is 4.79 Å². The highest BCUT2D eigenvalue weighted by Gasteiger charge is 2.08. The van der Waals surface area contributed by atoms with E-state index in [0.717, 1.165) is 12.4 Å². The van der Waals surface area contributed by atoms with Gasteiger partial charge in [0.15, 0.2) is 0 Å². The SMILES string of the molecule is CC(C)Cn1ccnc1CNC(=O)c1cccnc1. The van der Waals surface area contributed by atoms with Crippen molar-refractivity contribution in [3.63, 3.8) is 0 Å². The number of nitrogens with one attached hydrogen (secondary N) is 1. The molecule has 1 N–H and O–H groups in total. The fourth-order valence-electron chi connectivity index (χ4n) is 1.83. The van der Waals surface area contributed by atoms with Crippen LogP contribution in [0.15, 0.2) is 36.9 Å². The third-order valence-corrected chi connectivity index (χ3v) is 2.69. The Hall–Kier alpha value is -2.17. The lowest BCUT2D eigenvalue weighted by Crippen LogP contribution is -2.25. The summed E-state index contributed by atoms with van der Waals surface area (Å²) in [6, 6.07) is 3.48. The quantitative estimate of drug-likeness (QED) is 0.890. The number of carbonyl (C=O) groups is 1. The maximum Gasteiger partial charge on any atom is 0.253 e. The number of imidazole rings is 1. The third-order valence-electron chi connectivity index (χ3n) is 2.69. The van der Waals surface area contributed by atoms with E-state index < -0.39 is 0 Å². The molecule has 100 valence electrons. The van der Waals surface area contributed by atoms with Gasteiger partial charge in [-0.3, -0.25) is 9.78 Å². The maximum absolute atomic E-state index is 11.9. The molecular formula is C14H18N4O. The Kier molecular flexibility index (Phi) is 4.28. The molecule has 0 aromatic carbocycles. The van der Waals surface area contributed by atoms with Crippen molar-refractivity contribution < 1.29 is 4.79 Å². The number of aromatic nitrogens is 3. The van der Waals surface area contributed by atoms with Crippen LogP contribution in [0.1, 0.15) is 30.0 Å². The molecule has 0 fully saturated rings. The zero-order valence-corrected chi connectivity index (χ0v) is 11.2. The fraction of sp³-hybridized carbons (Fsp3) is 0.357. The highest BCUT2D eigenvalue weighted by molar-refractivity contribution is 5.93. The molecule has 0 unspecified atom stereocenters. The molecule has 0 atom stereocenters. The van der Waals surface area contributed by atoms with Crippen LogP contribution in [0.4, 0.5) is 0 Å². The van der Waals surface area contributed by atoms with Gasteiger partial charge in [-0.2, -0.15) is 0 Å². The van der Waals surface area contributed by atoms with E-state index in [2.05, 4.69) is 33.7 Å². The summed E-state index contributed by atoms with van der Waals surface area (Å²) >= 11 is 0. The zero-order valence-electron chi connectivity index (χ0n) is 11.2. The minimum atomic E-state index is -0.132. The molecular weight excluding hydrogens is 240 g/mol. The van der Waals surface area contributed by atoms with Gasteiger partial charge >= 0.3 is 0 Å². The Balaban J connectivity index is 1.96. The predicted molar refractivity (Wildman–Crippen MR) is 72.5 cm³/mol. The van der Waals surface area contributed by atoms with Crippen molar-refractivity contribution in [2.45, 2.75) is 26.9 Å². The van der Waals surface area contributed by atoms with E-state index >= 15 is 0 Å². The highest BCUT2D eigenvalue weighted by Crippen LogP contribution is 2.04. The minimum absolute atomic E-state index is 0.132. The number of carbonyl (C=O) groups excluding carboxylic acids is 1. The monoisotopic (exact) mass is 258 g/mol. The first-order chi connectivity index (χ1) is 9.16. The van der Waals surface area contributed by atoms with Gasteiger partial charge in [-0.05, 0) is 18.1 Å². The number of rotatable bonds is 5. The second kappa shape index (κ2) is 6.13.